The second-order valence-electron chi connectivity index (χ2n) is 5.61. The SMILES string of the molecule is Cc1cccc(CC(=O)N(C)C(CCO)c2ccccc2)c1. The van der Waals surface area contributed by atoms with Crippen LogP contribution in [0.2, 0.25) is 0 Å². The standard InChI is InChI=1S/C19H23NO2/c1-15-7-6-8-16(13-15)14-19(22)20(2)18(11-12-21)17-9-4-3-5-10-17/h3-10,13,18,21H,11-12,14H2,1-2H3. The number of amides is 1. The molecule has 0 aromatic heterocycles. The normalized spacial score (nSPS) is 12.0. The number of aliphatic hydroxyl groups excluding tert-OH is 1. The Morgan fingerprint density at radius 1 is 1.14 bits per heavy atom. The van der Waals surface area contributed by atoms with Gasteiger partial charge in [0.25, 0.3) is 0 Å². The molecule has 22 heavy (non-hydrogen) atoms. The third-order valence-electron chi connectivity index (χ3n) is 3.89. The number of carbonyl (C=O) groups excluding carboxylic acids is 1. The summed E-state index contributed by atoms with van der Waals surface area (Å²) < 4.78 is 0. The van der Waals surface area contributed by atoms with E-state index in [1.54, 1.807) is 4.90 Å². The van der Waals surface area contributed by atoms with Crippen molar-refractivity contribution in [2.75, 3.05) is 13.7 Å². The number of rotatable bonds is 6. The van der Waals surface area contributed by atoms with E-state index < -0.39 is 0 Å². The number of aryl methyl sites for hydroxylation is 1. The molecule has 3 heteroatoms. The van der Waals surface area contributed by atoms with E-state index in [0.717, 1.165) is 16.7 Å². The summed E-state index contributed by atoms with van der Waals surface area (Å²) in [7, 11) is 1.81. The van der Waals surface area contributed by atoms with Crippen molar-refractivity contribution in [1.82, 2.24) is 4.90 Å². The van der Waals surface area contributed by atoms with Crippen molar-refractivity contribution in [3.63, 3.8) is 0 Å². The van der Waals surface area contributed by atoms with Crippen molar-refractivity contribution in [2.24, 2.45) is 0 Å². The maximum atomic E-state index is 12.6. The van der Waals surface area contributed by atoms with Gasteiger partial charge in [0.2, 0.25) is 5.91 Å². The fourth-order valence-corrected chi connectivity index (χ4v) is 2.68. The third-order valence-corrected chi connectivity index (χ3v) is 3.89. The molecule has 116 valence electrons. The smallest absolute Gasteiger partial charge is 0.227 e. The number of nitrogens with zero attached hydrogens (tertiary/aromatic N) is 1. The molecule has 0 fully saturated rings. The Morgan fingerprint density at radius 3 is 2.50 bits per heavy atom. The summed E-state index contributed by atoms with van der Waals surface area (Å²) in [6.07, 6.45) is 0.924. The summed E-state index contributed by atoms with van der Waals surface area (Å²) in [5.74, 6) is 0.0629. The number of benzene rings is 2. The molecule has 0 heterocycles. The molecule has 1 unspecified atom stereocenters. The van der Waals surface area contributed by atoms with Gasteiger partial charge >= 0.3 is 0 Å². The zero-order valence-electron chi connectivity index (χ0n) is 13.2. The van der Waals surface area contributed by atoms with Crippen LogP contribution in [0.5, 0.6) is 0 Å². The van der Waals surface area contributed by atoms with Crippen LogP contribution >= 0.6 is 0 Å². The highest BCUT2D eigenvalue weighted by atomic mass is 16.3. The summed E-state index contributed by atoms with van der Waals surface area (Å²) in [6, 6.07) is 17.8. The lowest BCUT2D eigenvalue weighted by Gasteiger charge is -2.28. The van der Waals surface area contributed by atoms with Crippen LogP contribution < -0.4 is 0 Å². The molecular weight excluding hydrogens is 274 g/mol. The Bertz CT molecular complexity index is 610. The molecule has 1 atom stereocenters. The monoisotopic (exact) mass is 297 g/mol. The van der Waals surface area contributed by atoms with E-state index in [2.05, 4.69) is 0 Å². The van der Waals surface area contributed by atoms with Crippen molar-refractivity contribution < 1.29 is 9.90 Å². The van der Waals surface area contributed by atoms with Gasteiger partial charge in [-0.1, -0.05) is 60.2 Å². The van der Waals surface area contributed by atoms with Crippen LogP contribution in [0.1, 0.15) is 29.2 Å². The summed E-state index contributed by atoms with van der Waals surface area (Å²) in [5.41, 5.74) is 3.23. The van der Waals surface area contributed by atoms with Crippen LogP contribution in [0.25, 0.3) is 0 Å². The number of likely N-dealkylation sites (N-methyl/N-ethyl adjacent to an activating group) is 1. The minimum Gasteiger partial charge on any atom is -0.396 e. The average Bonchev–Trinajstić information content (AvgIpc) is 2.53. The molecule has 2 rings (SSSR count). The molecule has 1 N–H and O–H groups in total. The van der Waals surface area contributed by atoms with Crippen LogP contribution in [-0.2, 0) is 11.2 Å². The number of hydrogen-bond acceptors (Lipinski definition) is 2. The van der Waals surface area contributed by atoms with Crippen LogP contribution in [-0.4, -0.2) is 29.6 Å². The molecule has 0 radical (unpaired) electrons. The molecule has 0 aliphatic rings. The molecule has 0 bridgehead atoms. The lowest BCUT2D eigenvalue weighted by atomic mass is 10.0. The largest absolute Gasteiger partial charge is 0.396 e. The van der Waals surface area contributed by atoms with E-state index in [1.807, 2.05) is 68.6 Å². The molecule has 0 saturated carbocycles. The molecule has 0 spiro atoms. The minimum atomic E-state index is -0.0940. The lowest BCUT2D eigenvalue weighted by Crippen LogP contribution is -2.33. The van der Waals surface area contributed by atoms with Gasteiger partial charge in [0.1, 0.15) is 0 Å². The van der Waals surface area contributed by atoms with Gasteiger partial charge in [-0.05, 0) is 24.5 Å². The molecule has 0 saturated heterocycles. The van der Waals surface area contributed by atoms with Crippen LogP contribution in [0, 0.1) is 6.92 Å². The van der Waals surface area contributed by atoms with E-state index in [9.17, 15) is 9.90 Å². The molecule has 2 aromatic rings. The number of aliphatic hydroxyl groups is 1. The Morgan fingerprint density at radius 2 is 1.86 bits per heavy atom. The lowest BCUT2D eigenvalue weighted by molar-refractivity contribution is -0.131. The van der Waals surface area contributed by atoms with E-state index in [1.165, 1.54) is 0 Å². The van der Waals surface area contributed by atoms with Crippen LogP contribution in [0.4, 0.5) is 0 Å². The first-order valence-corrected chi connectivity index (χ1v) is 7.59. The second kappa shape index (κ2) is 7.76. The van der Waals surface area contributed by atoms with Crippen molar-refractivity contribution in [1.29, 1.82) is 0 Å². The summed E-state index contributed by atoms with van der Waals surface area (Å²) in [6.45, 7) is 2.08. The number of hydrogen-bond donors (Lipinski definition) is 1. The fourth-order valence-electron chi connectivity index (χ4n) is 2.68. The molecule has 2 aromatic carbocycles. The van der Waals surface area contributed by atoms with Gasteiger partial charge in [-0.2, -0.15) is 0 Å². The quantitative estimate of drug-likeness (QED) is 0.890. The maximum Gasteiger partial charge on any atom is 0.227 e. The molecule has 0 aliphatic heterocycles. The predicted octanol–water partition coefficient (Wildman–Crippen LogP) is 3.12. The average molecular weight is 297 g/mol. The van der Waals surface area contributed by atoms with Crippen LogP contribution in [0.15, 0.2) is 54.6 Å². The summed E-state index contributed by atoms with van der Waals surface area (Å²) in [5, 5.41) is 9.32. The maximum absolute atomic E-state index is 12.6. The van der Waals surface area contributed by atoms with Crippen molar-refractivity contribution in [3.05, 3.63) is 71.3 Å². The highest BCUT2D eigenvalue weighted by molar-refractivity contribution is 5.79. The van der Waals surface area contributed by atoms with E-state index >= 15 is 0 Å². The molecular formula is C19H23NO2. The molecule has 1 amide bonds. The van der Waals surface area contributed by atoms with Gasteiger partial charge in [0.05, 0.1) is 12.5 Å². The molecule has 0 aliphatic carbocycles. The first-order valence-electron chi connectivity index (χ1n) is 7.59. The first kappa shape index (κ1) is 16.2. The fraction of sp³-hybridized carbons (Fsp3) is 0.316. The highest BCUT2D eigenvalue weighted by Gasteiger charge is 2.21. The number of carbonyl (C=O) groups is 1. The minimum absolute atomic E-state index is 0.0572. The Balaban J connectivity index is 2.12. The summed E-state index contributed by atoms with van der Waals surface area (Å²) in [4.78, 5) is 14.3. The van der Waals surface area contributed by atoms with Crippen LogP contribution in [0.3, 0.4) is 0 Å². The first-order chi connectivity index (χ1) is 10.6. The van der Waals surface area contributed by atoms with Gasteiger partial charge in [-0.25, -0.2) is 0 Å². The van der Waals surface area contributed by atoms with Gasteiger partial charge in [-0.3, -0.25) is 4.79 Å². The summed E-state index contributed by atoms with van der Waals surface area (Å²) >= 11 is 0. The van der Waals surface area contributed by atoms with Gasteiger partial charge in [-0.15, -0.1) is 0 Å². The Kier molecular flexibility index (Phi) is 5.73. The van der Waals surface area contributed by atoms with Crippen molar-refractivity contribution in [3.8, 4) is 0 Å². The van der Waals surface area contributed by atoms with E-state index in [-0.39, 0.29) is 18.6 Å². The highest BCUT2D eigenvalue weighted by Crippen LogP contribution is 2.23. The zero-order chi connectivity index (χ0) is 15.9. The molecule has 3 nitrogen and oxygen atoms in total. The van der Waals surface area contributed by atoms with Gasteiger partial charge < -0.3 is 10.0 Å². The Labute approximate surface area is 132 Å². The van der Waals surface area contributed by atoms with E-state index in [4.69, 9.17) is 0 Å². The van der Waals surface area contributed by atoms with Gasteiger partial charge in [0, 0.05) is 13.7 Å². The predicted molar refractivity (Wildman–Crippen MR) is 88.5 cm³/mol. The topological polar surface area (TPSA) is 40.5 Å². The van der Waals surface area contributed by atoms with Gasteiger partial charge in [0.15, 0.2) is 0 Å². The second-order valence-corrected chi connectivity index (χ2v) is 5.61. The van der Waals surface area contributed by atoms with Crippen molar-refractivity contribution in [2.45, 2.75) is 25.8 Å². The Hall–Kier alpha value is -2.13. The van der Waals surface area contributed by atoms with E-state index in [0.29, 0.717) is 12.8 Å². The zero-order valence-corrected chi connectivity index (χ0v) is 13.2. The van der Waals surface area contributed by atoms with Crippen molar-refractivity contribution >= 4 is 5.91 Å². The third kappa shape index (κ3) is 4.18.